The zero-order chi connectivity index (χ0) is 18.6. The van der Waals surface area contributed by atoms with Crippen molar-refractivity contribution in [1.82, 2.24) is 0 Å². The van der Waals surface area contributed by atoms with Crippen LogP contribution >= 0.6 is 0 Å². The second-order valence-electron chi connectivity index (χ2n) is 10.7. The molecule has 3 rings (SSSR count). The first-order chi connectivity index (χ1) is 11.5. The maximum absolute atomic E-state index is 12.3. The van der Waals surface area contributed by atoms with Gasteiger partial charge in [-0.2, -0.15) is 0 Å². The Balaban J connectivity index is 1.79. The maximum atomic E-state index is 12.3. The zero-order valence-electron chi connectivity index (χ0n) is 17.4. The largest absolute Gasteiger partial charge is 0.414 e. The summed E-state index contributed by atoms with van der Waals surface area (Å²) in [6, 6.07) is 0. The molecule has 0 N–H and O–H groups in total. The van der Waals surface area contributed by atoms with Gasteiger partial charge in [-0.3, -0.25) is 4.79 Å². The summed E-state index contributed by atoms with van der Waals surface area (Å²) in [6.07, 6.45) is 8.44. The summed E-state index contributed by atoms with van der Waals surface area (Å²) in [5.74, 6) is 3.39. The molecule has 6 unspecified atom stereocenters. The molecular weight excluding hydrogens is 324 g/mol. The van der Waals surface area contributed by atoms with Crippen molar-refractivity contribution in [3.8, 4) is 0 Å². The highest BCUT2D eigenvalue weighted by Crippen LogP contribution is 2.53. The summed E-state index contributed by atoms with van der Waals surface area (Å²) in [5, 5.41) is 0.266. The molecule has 3 aliphatic rings. The standard InChI is InChI=1S/C22H38O2Si/c1-14-10-16-11-15(2)21(23)13-19(16)20-12-17(8-9-18(14)20)24-25(6,7)22(3,4)5/h13-18,20H,8-12H2,1-7H3. The monoisotopic (exact) mass is 362 g/mol. The van der Waals surface area contributed by atoms with E-state index in [-0.39, 0.29) is 11.0 Å². The van der Waals surface area contributed by atoms with E-state index in [1.54, 1.807) is 0 Å². The Morgan fingerprint density at radius 3 is 2.40 bits per heavy atom. The van der Waals surface area contributed by atoms with Crippen molar-refractivity contribution in [2.45, 2.75) is 91.0 Å². The van der Waals surface area contributed by atoms with Crippen molar-refractivity contribution in [3.63, 3.8) is 0 Å². The van der Waals surface area contributed by atoms with Crippen LogP contribution in [0.3, 0.4) is 0 Å². The number of rotatable bonds is 2. The first kappa shape index (κ1) is 19.4. The topological polar surface area (TPSA) is 26.3 Å². The van der Waals surface area contributed by atoms with Gasteiger partial charge < -0.3 is 4.43 Å². The lowest BCUT2D eigenvalue weighted by atomic mass is 9.57. The number of fused-ring (bicyclic) bond motifs is 3. The molecule has 0 spiro atoms. The summed E-state index contributed by atoms with van der Waals surface area (Å²) in [7, 11) is -1.72. The van der Waals surface area contributed by atoms with Gasteiger partial charge >= 0.3 is 0 Å². The molecule has 2 nitrogen and oxygen atoms in total. The molecule has 2 fully saturated rings. The number of allylic oxidation sites excluding steroid dienone is 2. The van der Waals surface area contributed by atoms with E-state index in [1.165, 1.54) is 24.8 Å². The fourth-order valence-electron chi connectivity index (χ4n) is 5.29. The Hall–Kier alpha value is -0.413. The molecule has 0 aromatic rings. The van der Waals surface area contributed by atoms with Gasteiger partial charge in [-0.15, -0.1) is 0 Å². The van der Waals surface area contributed by atoms with Gasteiger partial charge in [-0.25, -0.2) is 0 Å². The lowest BCUT2D eigenvalue weighted by Crippen LogP contribution is -2.48. The minimum atomic E-state index is -1.72. The van der Waals surface area contributed by atoms with Crippen LogP contribution in [-0.2, 0) is 9.22 Å². The molecule has 0 aliphatic heterocycles. The Labute approximate surface area is 155 Å². The van der Waals surface area contributed by atoms with Gasteiger partial charge in [0.2, 0.25) is 0 Å². The van der Waals surface area contributed by atoms with Gasteiger partial charge in [0.15, 0.2) is 14.1 Å². The lowest BCUT2D eigenvalue weighted by molar-refractivity contribution is -0.119. The molecule has 0 heterocycles. The quantitative estimate of drug-likeness (QED) is 0.564. The Morgan fingerprint density at radius 2 is 1.76 bits per heavy atom. The smallest absolute Gasteiger partial charge is 0.192 e. The molecule has 0 aromatic heterocycles. The third-order valence-electron chi connectivity index (χ3n) is 7.84. The Kier molecular flexibility index (Phi) is 5.14. The molecular formula is C22H38O2Si. The van der Waals surface area contributed by atoms with Crippen LogP contribution < -0.4 is 0 Å². The van der Waals surface area contributed by atoms with E-state index in [2.05, 4.69) is 53.8 Å². The maximum Gasteiger partial charge on any atom is 0.192 e. The average Bonchev–Trinajstić information content (AvgIpc) is 2.48. The summed E-state index contributed by atoms with van der Waals surface area (Å²) in [4.78, 5) is 12.3. The predicted octanol–water partition coefficient (Wildman–Crippen LogP) is 5.98. The number of ketones is 1. The van der Waals surface area contributed by atoms with Crippen molar-refractivity contribution >= 4 is 14.1 Å². The van der Waals surface area contributed by atoms with Crippen molar-refractivity contribution in [2.24, 2.45) is 29.6 Å². The number of carbonyl (C=O) groups is 1. The summed E-state index contributed by atoms with van der Waals surface area (Å²) in [6.45, 7) is 16.3. The van der Waals surface area contributed by atoms with E-state index in [0.717, 1.165) is 24.7 Å². The van der Waals surface area contributed by atoms with Crippen LogP contribution in [0.2, 0.25) is 18.1 Å². The Bertz CT molecular complexity index is 557. The van der Waals surface area contributed by atoms with Crippen LogP contribution in [-0.4, -0.2) is 20.2 Å². The van der Waals surface area contributed by atoms with Gasteiger partial charge in [0, 0.05) is 12.0 Å². The normalized spacial score (nSPS) is 39.5. The molecule has 0 amide bonds. The van der Waals surface area contributed by atoms with Crippen LogP contribution in [0.15, 0.2) is 11.6 Å². The van der Waals surface area contributed by atoms with E-state index >= 15 is 0 Å². The van der Waals surface area contributed by atoms with Crippen molar-refractivity contribution in [3.05, 3.63) is 11.6 Å². The van der Waals surface area contributed by atoms with E-state index < -0.39 is 8.32 Å². The second-order valence-corrected chi connectivity index (χ2v) is 15.4. The molecule has 0 saturated heterocycles. The van der Waals surface area contributed by atoms with Crippen molar-refractivity contribution < 1.29 is 9.22 Å². The van der Waals surface area contributed by atoms with Crippen LogP contribution in [0.25, 0.3) is 0 Å². The van der Waals surface area contributed by atoms with Crippen molar-refractivity contribution in [1.29, 1.82) is 0 Å². The molecule has 0 aromatic carbocycles. The average molecular weight is 363 g/mol. The first-order valence-electron chi connectivity index (χ1n) is 10.4. The van der Waals surface area contributed by atoms with E-state index in [0.29, 0.717) is 23.7 Å². The molecule has 0 radical (unpaired) electrons. The van der Waals surface area contributed by atoms with Crippen LogP contribution in [0.4, 0.5) is 0 Å². The number of hydrogen-bond acceptors (Lipinski definition) is 2. The van der Waals surface area contributed by atoms with Crippen molar-refractivity contribution in [2.75, 3.05) is 0 Å². The van der Waals surface area contributed by atoms with Gasteiger partial charge in [-0.1, -0.05) is 40.2 Å². The Morgan fingerprint density at radius 1 is 1.08 bits per heavy atom. The fourth-order valence-corrected chi connectivity index (χ4v) is 6.69. The van der Waals surface area contributed by atoms with E-state index in [1.807, 2.05) is 0 Å². The van der Waals surface area contributed by atoms with Gasteiger partial charge in [0.1, 0.15) is 0 Å². The SMILES string of the molecule is CC1CC2CC(C)C3CCC(O[Si](C)(C)C(C)(C)C)CC3C2=CC1=O. The highest BCUT2D eigenvalue weighted by atomic mass is 28.4. The molecule has 2 saturated carbocycles. The molecule has 6 atom stereocenters. The molecule has 0 bridgehead atoms. The molecule has 3 aliphatic carbocycles. The highest BCUT2D eigenvalue weighted by molar-refractivity contribution is 6.74. The minimum Gasteiger partial charge on any atom is -0.414 e. The highest BCUT2D eigenvalue weighted by Gasteiger charge is 2.47. The van der Waals surface area contributed by atoms with E-state index in [4.69, 9.17) is 4.43 Å². The van der Waals surface area contributed by atoms with Crippen LogP contribution in [0.5, 0.6) is 0 Å². The van der Waals surface area contributed by atoms with Crippen LogP contribution in [0, 0.1) is 29.6 Å². The second kappa shape index (κ2) is 6.63. The minimum absolute atomic E-state index is 0.223. The lowest BCUT2D eigenvalue weighted by Gasteiger charge is -2.50. The van der Waals surface area contributed by atoms with Gasteiger partial charge in [-0.05, 0) is 80.0 Å². The number of carbonyl (C=O) groups excluding carboxylic acids is 1. The van der Waals surface area contributed by atoms with Gasteiger partial charge in [0.25, 0.3) is 0 Å². The third kappa shape index (κ3) is 3.69. The molecule has 25 heavy (non-hydrogen) atoms. The predicted molar refractivity (Wildman–Crippen MR) is 107 cm³/mol. The van der Waals surface area contributed by atoms with Crippen LogP contribution in [0.1, 0.15) is 66.7 Å². The fraction of sp³-hybridized carbons (Fsp3) is 0.864. The summed E-state index contributed by atoms with van der Waals surface area (Å²) < 4.78 is 6.78. The zero-order valence-corrected chi connectivity index (χ0v) is 18.4. The van der Waals surface area contributed by atoms with Gasteiger partial charge in [0.05, 0.1) is 0 Å². The number of hydrogen-bond donors (Lipinski definition) is 0. The molecule has 3 heteroatoms. The first-order valence-corrected chi connectivity index (χ1v) is 13.3. The summed E-state index contributed by atoms with van der Waals surface area (Å²) >= 11 is 0. The third-order valence-corrected chi connectivity index (χ3v) is 12.4. The van der Waals surface area contributed by atoms with E-state index in [9.17, 15) is 4.79 Å². The molecule has 142 valence electrons. The summed E-state index contributed by atoms with van der Waals surface area (Å²) in [5.41, 5.74) is 1.50.